The van der Waals surface area contributed by atoms with Crippen LogP contribution < -0.4 is 15.4 Å². The van der Waals surface area contributed by atoms with Crippen molar-refractivity contribution in [1.82, 2.24) is 10.3 Å². The second kappa shape index (κ2) is 7.15. The fourth-order valence-corrected chi connectivity index (χ4v) is 3.28. The highest BCUT2D eigenvalue weighted by molar-refractivity contribution is 6.01. The molecule has 0 saturated carbocycles. The molecule has 0 fully saturated rings. The average Bonchev–Trinajstić information content (AvgIpc) is 3.08. The summed E-state index contributed by atoms with van der Waals surface area (Å²) >= 11 is 0. The molecule has 3 N–H and O–H groups in total. The third-order valence-corrected chi connectivity index (χ3v) is 4.72. The molecule has 3 aromatic rings. The SMILES string of the molecule is CNc1cc(Oc2ccnc(-c3ccc4c(c3)CNC4=O)c2)ccc1C(C)=N. The minimum atomic E-state index is -0.0319. The number of pyridine rings is 1. The number of aromatic nitrogens is 1. The third kappa shape index (κ3) is 3.32. The lowest BCUT2D eigenvalue weighted by molar-refractivity contribution is 0.0966. The van der Waals surface area contributed by atoms with Gasteiger partial charge in [-0.1, -0.05) is 6.07 Å². The zero-order chi connectivity index (χ0) is 19.7. The second-order valence-corrected chi connectivity index (χ2v) is 6.62. The van der Waals surface area contributed by atoms with E-state index in [0.29, 0.717) is 23.8 Å². The molecule has 1 aliphatic heterocycles. The van der Waals surface area contributed by atoms with E-state index in [0.717, 1.165) is 33.6 Å². The molecule has 6 heteroatoms. The fourth-order valence-electron chi connectivity index (χ4n) is 3.28. The van der Waals surface area contributed by atoms with Gasteiger partial charge in [0, 0.05) is 60.0 Å². The van der Waals surface area contributed by atoms with Crippen LogP contribution in [0.25, 0.3) is 11.3 Å². The van der Waals surface area contributed by atoms with Gasteiger partial charge in [-0.25, -0.2) is 0 Å². The number of hydrogen-bond acceptors (Lipinski definition) is 5. The normalized spacial score (nSPS) is 12.3. The van der Waals surface area contributed by atoms with Gasteiger partial charge >= 0.3 is 0 Å². The fraction of sp³-hybridized carbons (Fsp3) is 0.136. The third-order valence-electron chi connectivity index (χ3n) is 4.72. The summed E-state index contributed by atoms with van der Waals surface area (Å²) in [7, 11) is 1.82. The summed E-state index contributed by atoms with van der Waals surface area (Å²) in [6, 6.07) is 15.0. The number of nitrogens with one attached hydrogen (secondary N) is 3. The van der Waals surface area contributed by atoms with Crippen LogP contribution in [0.1, 0.15) is 28.4 Å². The summed E-state index contributed by atoms with van der Waals surface area (Å²) < 4.78 is 6.01. The highest BCUT2D eigenvalue weighted by Crippen LogP contribution is 2.30. The van der Waals surface area contributed by atoms with Crippen LogP contribution in [0, 0.1) is 5.41 Å². The number of amides is 1. The lowest BCUT2D eigenvalue weighted by atomic mass is 10.0. The maximum absolute atomic E-state index is 11.7. The number of carbonyl (C=O) groups excluding carboxylic acids is 1. The van der Waals surface area contributed by atoms with Gasteiger partial charge in [-0.2, -0.15) is 0 Å². The smallest absolute Gasteiger partial charge is 0.251 e. The van der Waals surface area contributed by atoms with Gasteiger partial charge in [0.1, 0.15) is 11.5 Å². The van der Waals surface area contributed by atoms with Crippen LogP contribution >= 0.6 is 0 Å². The van der Waals surface area contributed by atoms with E-state index in [9.17, 15) is 4.79 Å². The summed E-state index contributed by atoms with van der Waals surface area (Å²) in [4.78, 5) is 16.2. The van der Waals surface area contributed by atoms with Crippen molar-refractivity contribution in [3.63, 3.8) is 0 Å². The van der Waals surface area contributed by atoms with Gasteiger partial charge in [0.05, 0.1) is 5.69 Å². The van der Waals surface area contributed by atoms with Crippen molar-refractivity contribution in [3.05, 3.63) is 71.4 Å². The molecule has 0 radical (unpaired) electrons. The molecule has 1 aliphatic rings. The molecule has 140 valence electrons. The number of carbonyl (C=O) groups is 1. The van der Waals surface area contributed by atoms with Crippen molar-refractivity contribution in [2.24, 2.45) is 0 Å². The Balaban J connectivity index is 1.61. The van der Waals surface area contributed by atoms with Crippen LogP contribution in [0.4, 0.5) is 5.69 Å². The molecule has 0 saturated heterocycles. The maximum Gasteiger partial charge on any atom is 0.251 e. The van der Waals surface area contributed by atoms with Crippen LogP contribution in [-0.2, 0) is 6.54 Å². The standard InChI is InChI=1S/C22H20N4O2/c1-13(23)18-6-4-16(11-21(18)24-2)28-17-7-8-25-20(10-17)14-3-5-19-15(9-14)12-26-22(19)27/h3-11,23-24H,12H2,1-2H3,(H,26,27). The minimum Gasteiger partial charge on any atom is -0.457 e. The van der Waals surface area contributed by atoms with Crippen molar-refractivity contribution in [2.75, 3.05) is 12.4 Å². The first-order chi connectivity index (χ1) is 13.5. The number of hydrogen-bond donors (Lipinski definition) is 3. The molecule has 0 spiro atoms. The average molecular weight is 372 g/mol. The van der Waals surface area contributed by atoms with Gasteiger partial charge in [0.15, 0.2) is 0 Å². The Kier molecular flexibility index (Phi) is 4.53. The molecule has 28 heavy (non-hydrogen) atoms. The number of nitrogens with zero attached hydrogens (tertiary/aromatic N) is 1. The molecule has 4 rings (SSSR count). The maximum atomic E-state index is 11.7. The Morgan fingerprint density at radius 2 is 1.96 bits per heavy atom. The van der Waals surface area contributed by atoms with Gasteiger partial charge in [-0.3, -0.25) is 9.78 Å². The molecule has 0 unspecified atom stereocenters. The number of benzene rings is 2. The Morgan fingerprint density at radius 3 is 2.75 bits per heavy atom. The van der Waals surface area contributed by atoms with E-state index in [1.165, 1.54) is 0 Å². The first kappa shape index (κ1) is 17.7. The van der Waals surface area contributed by atoms with Crippen molar-refractivity contribution < 1.29 is 9.53 Å². The Hall–Kier alpha value is -3.67. The summed E-state index contributed by atoms with van der Waals surface area (Å²) in [6.45, 7) is 2.30. The predicted octanol–water partition coefficient (Wildman–Crippen LogP) is 4.21. The number of fused-ring (bicyclic) bond motifs is 1. The number of ether oxygens (including phenoxy) is 1. The molecule has 0 aliphatic carbocycles. The Labute approximate surface area is 163 Å². The monoisotopic (exact) mass is 372 g/mol. The van der Waals surface area contributed by atoms with Gasteiger partial charge in [-0.15, -0.1) is 0 Å². The summed E-state index contributed by atoms with van der Waals surface area (Å²) in [6.07, 6.45) is 1.70. The highest BCUT2D eigenvalue weighted by atomic mass is 16.5. The van der Waals surface area contributed by atoms with Crippen LogP contribution in [0.15, 0.2) is 54.7 Å². The van der Waals surface area contributed by atoms with Crippen LogP contribution in [-0.4, -0.2) is 23.7 Å². The predicted molar refractivity (Wildman–Crippen MR) is 109 cm³/mol. The largest absolute Gasteiger partial charge is 0.457 e. The lowest BCUT2D eigenvalue weighted by Crippen LogP contribution is -2.12. The summed E-state index contributed by atoms with van der Waals surface area (Å²) in [5.41, 5.74) is 5.59. The quantitative estimate of drug-likeness (QED) is 0.586. The van der Waals surface area contributed by atoms with E-state index in [2.05, 4.69) is 15.6 Å². The Bertz CT molecular complexity index is 1090. The first-order valence-electron chi connectivity index (χ1n) is 8.98. The second-order valence-electron chi connectivity index (χ2n) is 6.62. The minimum absolute atomic E-state index is 0.0319. The molecule has 1 aromatic heterocycles. The van der Waals surface area contributed by atoms with Crippen molar-refractivity contribution in [1.29, 1.82) is 5.41 Å². The number of rotatable bonds is 5. The van der Waals surface area contributed by atoms with Gasteiger partial charge < -0.3 is 20.8 Å². The zero-order valence-electron chi connectivity index (χ0n) is 15.7. The topological polar surface area (TPSA) is 87.1 Å². The lowest BCUT2D eigenvalue weighted by Gasteiger charge is -2.12. The highest BCUT2D eigenvalue weighted by Gasteiger charge is 2.19. The van der Waals surface area contributed by atoms with Gasteiger partial charge in [0.25, 0.3) is 5.91 Å². The molecule has 2 aromatic carbocycles. The van der Waals surface area contributed by atoms with E-state index in [1.54, 1.807) is 19.2 Å². The van der Waals surface area contributed by atoms with Gasteiger partial charge in [-0.05, 0) is 42.8 Å². The van der Waals surface area contributed by atoms with E-state index < -0.39 is 0 Å². The molecule has 0 atom stereocenters. The van der Waals surface area contributed by atoms with Crippen LogP contribution in [0.2, 0.25) is 0 Å². The summed E-state index contributed by atoms with van der Waals surface area (Å²) in [5, 5.41) is 13.8. The van der Waals surface area contributed by atoms with Crippen molar-refractivity contribution >= 4 is 17.3 Å². The van der Waals surface area contributed by atoms with E-state index >= 15 is 0 Å². The van der Waals surface area contributed by atoms with Crippen LogP contribution in [0.3, 0.4) is 0 Å². The molecule has 1 amide bonds. The van der Waals surface area contributed by atoms with Crippen molar-refractivity contribution in [2.45, 2.75) is 13.5 Å². The Morgan fingerprint density at radius 1 is 1.14 bits per heavy atom. The molecular formula is C22H20N4O2. The molecule has 6 nitrogen and oxygen atoms in total. The van der Waals surface area contributed by atoms with Gasteiger partial charge in [0.2, 0.25) is 0 Å². The summed E-state index contributed by atoms with van der Waals surface area (Å²) in [5.74, 6) is 1.31. The molecule has 2 heterocycles. The zero-order valence-corrected chi connectivity index (χ0v) is 15.7. The first-order valence-corrected chi connectivity index (χ1v) is 8.98. The molecular weight excluding hydrogens is 352 g/mol. The van der Waals surface area contributed by atoms with E-state index in [4.69, 9.17) is 10.1 Å². The van der Waals surface area contributed by atoms with Crippen molar-refractivity contribution in [3.8, 4) is 22.8 Å². The van der Waals surface area contributed by atoms with Crippen LogP contribution in [0.5, 0.6) is 11.5 Å². The van der Waals surface area contributed by atoms with E-state index in [-0.39, 0.29) is 5.91 Å². The molecule has 0 bridgehead atoms. The van der Waals surface area contributed by atoms with E-state index in [1.807, 2.05) is 49.5 Å². The number of anilines is 1.